The quantitative estimate of drug-likeness (QED) is 0.543. The maximum absolute atomic E-state index is 13.7. The fourth-order valence-electron chi connectivity index (χ4n) is 6.09. The maximum Gasteiger partial charge on any atom is 0.162 e. The lowest BCUT2D eigenvalue weighted by atomic mass is 9.68. The maximum atomic E-state index is 13.7. The minimum absolute atomic E-state index is 0.133. The van der Waals surface area contributed by atoms with Crippen LogP contribution in [0.3, 0.4) is 0 Å². The molecule has 0 radical (unpaired) electrons. The number of benzene rings is 1. The average Bonchev–Trinajstić information content (AvgIpc) is 3.01. The Morgan fingerprint density at radius 3 is 2.68 bits per heavy atom. The second-order valence-corrected chi connectivity index (χ2v) is 11.7. The molecular weight excluding hydrogens is 440 g/mol. The number of nitrogens with zero attached hydrogens (tertiary/aromatic N) is 3. The number of hydrogen-bond acceptors (Lipinski definition) is 6. The molecule has 1 aromatic carbocycles. The van der Waals surface area contributed by atoms with Crippen molar-refractivity contribution in [2.75, 3.05) is 4.90 Å². The van der Waals surface area contributed by atoms with Gasteiger partial charge in [-0.05, 0) is 48.6 Å². The van der Waals surface area contributed by atoms with Crippen LogP contribution >= 0.6 is 11.3 Å². The third-order valence-electron chi connectivity index (χ3n) is 7.54. The summed E-state index contributed by atoms with van der Waals surface area (Å²) in [6, 6.07) is 12.3. The Kier molecular flexibility index (Phi) is 4.82. The number of ketones is 1. The van der Waals surface area contributed by atoms with Crippen LogP contribution in [-0.4, -0.2) is 11.6 Å². The zero-order valence-corrected chi connectivity index (χ0v) is 20.5. The molecule has 0 spiro atoms. The molecule has 2 aliphatic carbocycles. The molecule has 0 amide bonds. The van der Waals surface area contributed by atoms with Crippen LogP contribution < -0.4 is 10.6 Å². The normalized spacial score (nSPS) is 23.3. The number of Topliss-reactive ketones (excluding diaryl/α,β-unsaturated/α-hetero) is 1. The van der Waals surface area contributed by atoms with Gasteiger partial charge in [-0.3, -0.25) is 9.69 Å². The van der Waals surface area contributed by atoms with E-state index in [1.165, 1.54) is 23.3 Å². The number of amidine groups is 1. The SMILES string of the molecule is CC1(C)CC(=O)C2=C(C1)N1C(=C(C#N)C2c2ccccc2)N=C(N)c2c1sc1c2CCCCC1. The van der Waals surface area contributed by atoms with Crippen molar-refractivity contribution in [3.63, 3.8) is 0 Å². The largest absolute Gasteiger partial charge is 0.383 e. The van der Waals surface area contributed by atoms with Gasteiger partial charge in [0.25, 0.3) is 0 Å². The Morgan fingerprint density at radius 1 is 1.15 bits per heavy atom. The van der Waals surface area contributed by atoms with E-state index in [2.05, 4.69) is 24.8 Å². The van der Waals surface area contributed by atoms with E-state index in [1.807, 2.05) is 30.3 Å². The van der Waals surface area contributed by atoms with Crippen LogP contribution in [0.4, 0.5) is 5.00 Å². The zero-order valence-electron chi connectivity index (χ0n) is 19.6. The molecule has 34 heavy (non-hydrogen) atoms. The molecule has 6 heteroatoms. The summed E-state index contributed by atoms with van der Waals surface area (Å²) in [6.45, 7) is 4.31. The molecule has 2 aromatic rings. The lowest BCUT2D eigenvalue weighted by molar-refractivity contribution is -0.118. The Balaban J connectivity index is 1.65. The number of aliphatic imine (C=N–C) groups is 1. The summed E-state index contributed by atoms with van der Waals surface area (Å²) in [6.07, 6.45) is 6.89. The van der Waals surface area contributed by atoms with E-state index in [9.17, 15) is 10.1 Å². The lowest BCUT2D eigenvalue weighted by Gasteiger charge is -2.44. The predicted octanol–water partition coefficient (Wildman–Crippen LogP) is 5.72. The summed E-state index contributed by atoms with van der Waals surface area (Å²) in [5, 5.41) is 11.4. The first-order chi connectivity index (χ1) is 16.4. The van der Waals surface area contributed by atoms with E-state index >= 15 is 0 Å². The number of carbonyl (C=O) groups is 1. The van der Waals surface area contributed by atoms with Crippen molar-refractivity contribution in [1.29, 1.82) is 5.26 Å². The van der Waals surface area contributed by atoms with Crippen molar-refractivity contribution < 1.29 is 4.79 Å². The van der Waals surface area contributed by atoms with Crippen molar-refractivity contribution in [3.8, 4) is 6.07 Å². The van der Waals surface area contributed by atoms with E-state index in [0.717, 1.165) is 53.1 Å². The van der Waals surface area contributed by atoms with Gasteiger partial charge in [-0.2, -0.15) is 5.26 Å². The minimum Gasteiger partial charge on any atom is -0.383 e. The van der Waals surface area contributed by atoms with Crippen molar-refractivity contribution in [2.24, 2.45) is 16.1 Å². The van der Waals surface area contributed by atoms with Crippen LogP contribution in [0.25, 0.3) is 0 Å². The Bertz CT molecular complexity index is 1350. The molecule has 0 fully saturated rings. The fraction of sp³-hybridized carbons (Fsp3) is 0.393. The van der Waals surface area contributed by atoms with Crippen LogP contribution in [0.15, 0.2) is 58.0 Å². The first-order valence-electron chi connectivity index (χ1n) is 12.1. The van der Waals surface area contributed by atoms with Gasteiger partial charge in [0.2, 0.25) is 0 Å². The van der Waals surface area contributed by atoms with Crippen molar-refractivity contribution in [2.45, 2.75) is 64.7 Å². The van der Waals surface area contributed by atoms with E-state index in [4.69, 9.17) is 10.7 Å². The molecule has 0 saturated heterocycles. The number of carbonyl (C=O) groups excluding carboxylic acids is 1. The molecule has 4 aliphatic rings. The number of anilines is 1. The lowest BCUT2D eigenvalue weighted by Crippen LogP contribution is -2.41. The summed E-state index contributed by atoms with van der Waals surface area (Å²) < 4.78 is 0. The standard InChI is InChI=1S/C28H28N4OS/c1-28(2)13-19-24(20(33)14-28)22(16-9-5-3-6-10-16)18(15-29)26-31-25(30)23-17-11-7-4-8-12-21(17)34-27(23)32(19)26/h3,5-6,9-10,22H,4,7-8,11-14H2,1-2H3,(H2,30,31). The number of fused-ring (bicyclic) bond motifs is 6. The minimum atomic E-state index is -0.410. The molecule has 3 heterocycles. The van der Waals surface area contributed by atoms with Crippen molar-refractivity contribution in [3.05, 3.63) is 74.6 Å². The Hall–Kier alpha value is -3.17. The number of allylic oxidation sites excluding steroid dienone is 3. The summed E-state index contributed by atoms with van der Waals surface area (Å²) >= 11 is 1.78. The summed E-state index contributed by atoms with van der Waals surface area (Å²) in [7, 11) is 0. The van der Waals surface area contributed by atoms with E-state index in [0.29, 0.717) is 23.7 Å². The van der Waals surface area contributed by atoms with E-state index in [-0.39, 0.29) is 11.2 Å². The zero-order chi connectivity index (χ0) is 23.6. The van der Waals surface area contributed by atoms with Crippen molar-refractivity contribution >= 4 is 28.0 Å². The van der Waals surface area contributed by atoms with Crippen LogP contribution in [0.1, 0.15) is 73.4 Å². The summed E-state index contributed by atoms with van der Waals surface area (Å²) in [5.41, 5.74) is 12.0. The number of aryl methyl sites for hydroxylation is 1. The van der Waals surface area contributed by atoms with Gasteiger partial charge in [0.15, 0.2) is 11.6 Å². The molecule has 1 aromatic heterocycles. The van der Waals surface area contributed by atoms with E-state index in [1.54, 1.807) is 11.3 Å². The molecule has 1 atom stereocenters. The fourth-order valence-corrected chi connectivity index (χ4v) is 7.52. The number of hydrogen-bond donors (Lipinski definition) is 1. The molecule has 0 saturated carbocycles. The first-order valence-corrected chi connectivity index (χ1v) is 13.0. The van der Waals surface area contributed by atoms with Crippen LogP contribution in [-0.2, 0) is 17.6 Å². The molecule has 6 rings (SSSR count). The smallest absolute Gasteiger partial charge is 0.162 e. The molecule has 1 unspecified atom stereocenters. The van der Waals surface area contributed by atoms with Gasteiger partial charge in [0, 0.05) is 22.6 Å². The third kappa shape index (κ3) is 3.10. The number of nitriles is 1. The highest BCUT2D eigenvalue weighted by atomic mass is 32.1. The highest BCUT2D eigenvalue weighted by Crippen LogP contribution is 2.55. The van der Waals surface area contributed by atoms with Gasteiger partial charge in [0.1, 0.15) is 10.8 Å². The third-order valence-corrected chi connectivity index (χ3v) is 8.82. The van der Waals surface area contributed by atoms with Crippen LogP contribution in [0, 0.1) is 16.7 Å². The topological polar surface area (TPSA) is 82.5 Å². The van der Waals surface area contributed by atoms with Gasteiger partial charge >= 0.3 is 0 Å². The molecule has 0 bridgehead atoms. The predicted molar refractivity (Wildman–Crippen MR) is 136 cm³/mol. The second-order valence-electron chi connectivity index (χ2n) is 10.6. The molecule has 2 aliphatic heterocycles. The number of thiophene rings is 1. The summed E-state index contributed by atoms with van der Waals surface area (Å²) in [4.78, 5) is 22.1. The molecule has 172 valence electrons. The highest BCUT2D eigenvalue weighted by molar-refractivity contribution is 7.17. The van der Waals surface area contributed by atoms with E-state index < -0.39 is 5.92 Å². The number of nitrogens with two attached hydrogens (primary N) is 1. The van der Waals surface area contributed by atoms with Crippen LogP contribution in [0.2, 0.25) is 0 Å². The van der Waals surface area contributed by atoms with Gasteiger partial charge in [-0.25, -0.2) is 4.99 Å². The average molecular weight is 469 g/mol. The van der Waals surface area contributed by atoms with Crippen molar-refractivity contribution in [1.82, 2.24) is 0 Å². The molecule has 5 nitrogen and oxygen atoms in total. The molecule has 2 N–H and O–H groups in total. The van der Waals surface area contributed by atoms with Gasteiger partial charge < -0.3 is 5.73 Å². The Labute approximate surface area is 204 Å². The number of rotatable bonds is 1. The molecular formula is C28H28N4OS. The second kappa shape index (κ2) is 7.68. The van der Waals surface area contributed by atoms with Gasteiger partial charge in [-0.1, -0.05) is 50.6 Å². The van der Waals surface area contributed by atoms with Gasteiger partial charge in [0.05, 0.1) is 23.1 Å². The monoisotopic (exact) mass is 468 g/mol. The Morgan fingerprint density at radius 2 is 1.91 bits per heavy atom. The van der Waals surface area contributed by atoms with Gasteiger partial charge in [-0.15, -0.1) is 11.3 Å². The first kappa shape index (κ1) is 21.4. The van der Waals surface area contributed by atoms with Crippen LogP contribution in [0.5, 0.6) is 0 Å². The summed E-state index contributed by atoms with van der Waals surface area (Å²) in [5.74, 6) is 0.828. The highest BCUT2D eigenvalue weighted by Gasteiger charge is 2.47.